The zero-order valence-electron chi connectivity index (χ0n) is 11.7. The number of hydrogen-bond acceptors (Lipinski definition) is 4. The summed E-state index contributed by atoms with van der Waals surface area (Å²) in [5.41, 5.74) is 3.48. The Hall–Kier alpha value is -3.01. The number of benzene rings is 2. The summed E-state index contributed by atoms with van der Waals surface area (Å²) >= 11 is 0. The third-order valence-corrected chi connectivity index (χ3v) is 3.60. The molecule has 0 saturated carbocycles. The van der Waals surface area contributed by atoms with Gasteiger partial charge in [-0.25, -0.2) is 4.98 Å². The predicted octanol–water partition coefficient (Wildman–Crippen LogP) is 3.29. The molecule has 3 aromatic rings. The summed E-state index contributed by atoms with van der Waals surface area (Å²) < 4.78 is 5.63. The average Bonchev–Trinajstić information content (AvgIpc) is 2.57. The molecule has 0 spiro atoms. The van der Waals surface area contributed by atoms with Gasteiger partial charge >= 0.3 is 0 Å². The third-order valence-electron chi connectivity index (χ3n) is 3.60. The Bertz CT molecular complexity index is 916. The molecule has 0 radical (unpaired) electrons. The lowest BCUT2D eigenvalue weighted by molar-refractivity contribution is 0.100. The fourth-order valence-corrected chi connectivity index (χ4v) is 2.50. The fourth-order valence-electron chi connectivity index (χ4n) is 2.50. The van der Waals surface area contributed by atoms with Crippen molar-refractivity contribution >= 4 is 22.9 Å². The summed E-state index contributed by atoms with van der Waals surface area (Å²) in [6.45, 7) is 0.254. The van der Waals surface area contributed by atoms with Gasteiger partial charge in [0.2, 0.25) is 0 Å². The molecule has 0 N–H and O–H groups in total. The van der Waals surface area contributed by atoms with Gasteiger partial charge in [-0.05, 0) is 30.3 Å². The monoisotopic (exact) mass is 288 g/mol. The summed E-state index contributed by atoms with van der Waals surface area (Å²) in [4.78, 5) is 21.4. The molecule has 4 heteroatoms. The summed E-state index contributed by atoms with van der Waals surface area (Å²) in [7, 11) is 0. The van der Waals surface area contributed by atoms with E-state index in [1.807, 2.05) is 36.4 Å². The molecule has 2 aromatic carbocycles. The van der Waals surface area contributed by atoms with E-state index in [1.165, 1.54) is 0 Å². The van der Waals surface area contributed by atoms with E-state index in [0.29, 0.717) is 22.6 Å². The molecule has 0 aliphatic carbocycles. The van der Waals surface area contributed by atoms with Crippen molar-refractivity contribution in [3.63, 3.8) is 0 Å². The maximum Gasteiger partial charge on any atom is 0.196 e. The number of ketones is 1. The first-order chi connectivity index (χ1) is 10.8. The molecule has 1 aliphatic heterocycles. The molecule has 22 heavy (non-hydrogen) atoms. The van der Waals surface area contributed by atoms with Gasteiger partial charge in [-0.2, -0.15) is 0 Å². The maximum atomic E-state index is 12.5. The average molecular weight is 288 g/mol. The molecule has 0 unspecified atom stereocenters. The van der Waals surface area contributed by atoms with Gasteiger partial charge in [0.1, 0.15) is 12.4 Å². The van der Waals surface area contributed by atoms with Crippen LogP contribution in [0.2, 0.25) is 0 Å². The minimum Gasteiger partial charge on any atom is -0.488 e. The molecule has 1 aromatic heterocycles. The van der Waals surface area contributed by atoms with Crippen LogP contribution in [0.15, 0.2) is 60.3 Å². The van der Waals surface area contributed by atoms with Gasteiger partial charge in [0.05, 0.1) is 28.5 Å². The van der Waals surface area contributed by atoms with Crippen LogP contribution >= 0.6 is 0 Å². The Kier molecular flexibility index (Phi) is 2.93. The molecule has 0 atom stereocenters. The van der Waals surface area contributed by atoms with Gasteiger partial charge in [-0.15, -0.1) is 0 Å². The van der Waals surface area contributed by atoms with Gasteiger partial charge in [0.15, 0.2) is 5.78 Å². The van der Waals surface area contributed by atoms with E-state index >= 15 is 0 Å². The van der Waals surface area contributed by atoms with E-state index in [-0.39, 0.29) is 12.4 Å². The molecule has 0 saturated heterocycles. The lowest BCUT2D eigenvalue weighted by atomic mass is 10.00. The SMILES string of the molecule is O=C1/C(=C/c2cnc3ccccc3n2)COc2ccccc21. The Morgan fingerprint density at radius 1 is 1.00 bits per heavy atom. The highest BCUT2D eigenvalue weighted by Crippen LogP contribution is 2.27. The number of hydrogen-bond donors (Lipinski definition) is 0. The molecule has 4 nitrogen and oxygen atoms in total. The Morgan fingerprint density at radius 2 is 1.77 bits per heavy atom. The van der Waals surface area contributed by atoms with Crippen LogP contribution in [0.3, 0.4) is 0 Å². The molecular weight excluding hydrogens is 276 g/mol. The minimum atomic E-state index is -0.0168. The van der Waals surface area contributed by atoms with Crippen LogP contribution in [-0.4, -0.2) is 22.4 Å². The van der Waals surface area contributed by atoms with Crippen LogP contribution in [0.1, 0.15) is 16.1 Å². The molecule has 0 fully saturated rings. The van der Waals surface area contributed by atoms with Crippen LogP contribution in [0.5, 0.6) is 5.75 Å². The lowest BCUT2D eigenvalue weighted by Gasteiger charge is -2.18. The second-order valence-corrected chi connectivity index (χ2v) is 5.07. The maximum absolute atomic E-state index is 12.5. The van der Waals surface area contributed by atoms with Crippen LogP contribution in [0.25, 0.3) is 17.1 Å². The smallest absolute Gasteiger partial charge is 0.196 e. The molecule has 0 bridgehead atoms. The number of fused-ring (bicyclic) bond motifs is 2. The Morgan fingerprint density at radius 3 is 2.68 bits per heavy atom. The highest BCUT2D eigenvalue weighted by atomic mass is 16.5. The molecule has 4 rings (SSSR count). The topological polar surface area (TPSA) is 52.1 Å². The molecular formula is C18H12N2O2. The summed E-state index contributed by atoms with van der Waals surface area (Å²) in [6.07, 6.45) is 3.42. The second kappa shape index (κ2) is 5.07. The Balaban J connectivity index is 1.74. The van der Waals surface area contributed by atoms with E-state index in [0.717, 1.165) is 11.0 Å². The van der Waals surface area contributed by atoms with Crippen molar-refractivity contribution in [2.24, 2.45) is 0 Å². The number of para-hydroxylation sites is 3. The fraction of sp³-hybridized carbons (Fsp3) is 0.0556. The lowest BCUT2D eigenvalue weighted by Crippen LogP contribution is -2.18. The van der Waals surface area contributed by atoms with Gasteiger partial charge in [0.25, 0.3) is 0 Å². The number of aromatic nitrogens is 2. The van der Waals surface area contributed by atoms with E-state index in [1.54, 1.807) is 24.4 Å². The third kappa shape index (κ3) is 2.15. The van der Waals surface area contributed by atoms with Crippen molar-refractivity contribution in [3.8, 4) is 5.75 Å². The van der Waals surface area contributed by atoms with E-state index in [2.05, 4.69) is 9.97 Å². The summed E-state index contributed by atoms with van der Waals surface area (Å²) in [5.74, 6) is 0.617. The highest BCUT2D eigenvalue weighted by molar-refractivity contribution is 6.13. The van der Waals surface area contributed by atoms with Gasteiger partial charge in [0, 0.05) is 5.57 Å². The zero-order chi connectivity index (χ0) is 14.9. The molecule has 1 aliphatic rings. The first kappa shape index (κ1) is 12.7. The second-order valence-electron chi connectivity index (χ2n) is 5.07. The Labute approximate surface area is 127 Å². The largest absolute Gasteiger partial charge is 0.488 e. The van der Waals surface area contributed by atoms with Crippen LogP contribution < -0.4 is 4.74 Å². The van der Waals surface area contributed by atoms with Gasteiger partial charge < -0.3 is 4.74 Å². The number of nitrogens with zero attached hydrogens (tertiary/aromatic N) is 2. The van der Waals surface area contributed by atoms with Crippen molar-refractivity contribution in [2.75, 3.05) is 6.61 Å². The summed E-state index contributed by atoms with van der Waals surface area (Å²) in [5, 5.41) is 0. The van der Waals surface area contributed by atoms with Crippen molar-refractivity contribution in [3.05, 3.63) is 71.6 Å². The molecule has 106 valence electrons. The van der Waals surface area contributed by atoms with Gasteiger partial charge in [-0.3, -0.25) is 9.78 Å². The normalized spacial score (nSPS) is 15.6. The quantitative estimate of drug-likeness (QED) is 0.645. The van der Waals surface area contributed by atoms with E-state index in [4.69, 9.17) is 4.74 Å². The van der Waals surface area contributed by atoms with Crippen molar-refractivity contribution in [1.82, 2.24) is 9.97 Å². The van der Waals surface area contributed by atoms with Gasteiger partial charge in [-0.1, -0.05) is 24.3 Å². The van der Waals surface area contributed by atoms with Crippen LogP contribution in [-0.2, 0) is 0 Å². The summed E-state index contributed by atoms with van der Waals surface area (Å²) in [6, 6.07) is 14.9. The number of carbonyl (C=O) groups is 1. The highest BCUT2D eigenvalue weighted by Gasteiger charge is 2.22. The van der Waals surface area contributed by atoms with E-state index < -0.39 is 0 Å². The van der Waals surface area contributed by atoms with E-state index in [9.17, 15) is 4.79 Å². The zero-order valence-corrected chi connectivity index (χ0v) is 11.7. The number of carbonyl (C=O) groups excluding carboxylic acids is 1. The first-order valence-corrected chi connectivity index (χ1v) is 7.00. The number of rotatable bonds is 1. The molecule has 2 heterocycles. The number of ether oxygens (including phenoxy) is 1. The standard InChI is InChI=1S/C18H12N2O2/c21-18-12(11-22-17-8-4-1-5-14(17)18)9-13-10-19-15-6-2-3-7-16(15)20-13/h1-10H,11H2/b12-9+. The molecule has 0 amide bonds. The van der Waals surface area contributed by atoms with Crippen LogP contribution in [0.4, 0.5) is 0 Å². The van der Waals surface area contributed by atoms with Crippen molar-refractivity contribution in [2.45, 2.75) is 0 Å². The number of Topliss-reactive ketones (excluding diaryl/α,β-unsaturated/α-hetero) is 1. The van der Waals surface area contributed by atoms with Crippen LogP contribution in [0, 0.1) is 0 Å². The minimum absolute atomic E-state index is 0.0168. The van der Waals surface area contributed by atoms with Crippen molar-refractivity contribution in [1.29, 1.82) is 0 Å². The van der Waals surface area contributed by atoms with Crippen molar-refractivity contribution < 1.29 is 9.53 Å². The predicted molar refractivity (Wildman–Crippen MR) is 83.8 cm³/mol. The first-order valence-electron chi connectivity index (χ1n) is 7.00.